The van der Waals surface area contributed by atoms with Crippen LogP contribution in [0.25, 0.3) is 0 Å². The van der Waals surface area contributed by atoms with Gasteiger partial charge in [-0.1, -0.05) is 485 Å². The van der Waals surface area contributed by atoms with Crippen LogP contribution in [0.15, 0.2) is 0 Å². The lowest BCUT2D eigenvalue weighted by Gasteiger charge is -2.44. The topological polar surface area (TPSA) is 214 Å². The van der Waals surface area contributed by atoms with E-state index in [1.165, 1.54) is 424 Å². The van der Waals surface area contributed by atoms with Gasteiger partial charge < -0.3 is 63.9 Å². The molecule has 3 rings (SSSR count). The average molecular weight is 1690 g/mol. The lowest BCUT2D eigenvalue weighted by Crippen LogP contribution is -2.63. The normalized spacial score (nSPS) is 22.8. The van der Waals surface area contributed by atoms with Crippen LogP contribution in [0.5, 0.6) is 0 Å². The molecule has 702 valence electrons. The van der Waals surface area contributed by atoms with Crippen LogP contribution in [0.3, 0.4) is 0 Å². The summed E-state index contributed by atoms with van der Waals surface area (Å²) in [6.45, 7) is 17.0. The van der Waals surface area contributed by atoms with Gasteiger partial charge in [-0.15, -0.1) is 0 Å². The highest BCUT2D eigenvalue weighted by molar-refractivity contribution is 6.74. The Morgan fingerprint density at radius 2 is 0.619 bits per heavy atom. The molecule has 0 radical (unpaired) electrons. The van der Waals surface area contributed by atoms with Crippen molar-refractivity contribution in [3.63, 3.8) is 0 Å². The van der Waals surface area contributed by atoms with E-state index in [1.807, 2.05) is 7.11 Å². The van der Waals surface area contributed by atoms with Crippen LogP contribution in [0.2, 0.25) is 18.1 Å². The number of unbranched alkanes of at least 4 members (excludes halogenated alkanes) is 63. The van der Waals surface area contributed by atoms with Crippen molar-refractivity contribution in [3.8, 4) is 0 Å². The number of hydrogen-bond donors (Lipinski definition) is 7. The van der Waals surface area contributed by atoms with Gasteiger partial charge >= 0.3 is 5.97 Å². The van der Waals surface area contributed by atoms with Gasteiger partial charge in [0.25, 0.3) is 0 Å². The summed E-state index contributed by atoms with van der Waals surface area (Å²) in [4.78, 5) is 14.7. The van der Waals surface area contributed by atoms with Crippen LogP contribution in [0.1, 0.15) is 517 Å². The minimum Gasteiger partial charge on any atom is -0.463 e. The van der Waals surface area contributed by atoms with E-state index in [9.17, 15) is 40.5 Å². The van der Waals surface area contributed by atoms with E-state index >= 15 is 0 Å². The molecule has 0 spiro atoms. The van der Waals surface area contributed by atoms with Crippen molar-refractivity contribution in [1.82, 2.24) is 0 Å². The molecule has 0 aromatic rings. The maximum Gasteiger partial charge on any atom is 0.311 e. The van der Waals surface area contributed by atoms with Crippen molar-refractivity contribution in [3.05, 3.63) is 0 Å². The quantitative estimate of drug-likeness (QED) is 0.0171. The molecule has 0 aromatic heterocycles. The first-order chi connectivity index (χ1) is 57.3. The van der Waals surface area contributed by atoms with Gasteiger partial charge in [0, 0.05) is 7.11 Å². The summed E-state index contributed by atoms with van der Waals surface area (Å²) in [6.07, 6.45) is 83.2. The van der Waals surface area contributed by atoms with E-state index in [1.54, 1.807) is 0 Å². The van der Waals surface area contributed by atoms with Gasteiger partial charge in [-0.25, -0.2) is 0 Å². The van der Waals surface area contributed by atoms with Gasteiger partial charge in [0.2, 0.25) is 0 Å². The number of ether oxygens (including phenoxy) is 5. The summed E-state index contributed by atoms with van der Waals surface area (Å²) in [5.41, 5.74) is 0. The Labute approximate surface area is 731 Å². The molecule has 14 nitrogen and oxygen atoms in total. The average Bonchev–Trinajstić information content (AvgIpc) is 1.16. The van der Waals surface area contributed by atoms with E-state index in [0.29, 0.717) is 18.4 Å². The smallest absolute Gasteiger partial charge is 0.311 e. The van der Waals surface area contributed by atoms with E-state index in [4.69, 9.17) is 28.1 Å². The number of rotatable bonds is 86. The van der Waals surface area contributed by atoms with E-state index in [2.05, 4.69) is 54.6 Å². The third-order valence-corrected chi connectivity index (χ3v) is 32.9. The van der Waals surface area contributed by atoms with Gasteiger partial charge in [-0.3, -0.25) is 4.79 Å². The molecule has 16 atom stereocenters. The maximum absolute atomic E-state index is 14.7. The molecular weight excluding hydrogens is 1490 g/mol. The molecule has 7 N–H and O–H groups in total. The molecule has 0 amide bonds. The van der Waals surface area contributed by atoms with E-state index < -0.39 is 94.8 Å². The van der Waals surface area contributed by atoms with Gasteiger partial charge in [-0.05, 0) is 68.0 Å². The van der Waals surface area contributed by atoms with Crippen LogP contribution in [0.4, 0.5) is 0 Å². The van der Waals surface area contributed by atoms with Crippen molar-refractivity contribution in [1.29, 1.82) is 0 Å². The zero-order chi connectivity index (χ0) is 85.8. The minimum atomic E-state index is -2.38. The highest BCUT2D eigenvalue weighted by Crippen LogP contribution is 2.46. The second-order valence-electron chi connectivity index (χ2n) is 40.2. The third-order valence-electron chi connectivity index (χ3n) is 28.4. The fourth-order valence-electron chi connectivity index (χ4n) is 18.9. The lowest BCUT2D eigenvalue weighted by atomic mass is 9.91. The predicted octanol–water partition coefficient (Wildman–Crippen LogP) is 28.0. The fraction of sp³-hybridized carbons (Fsp3) is 0.990. The molecule has 2 aliphatic heterocycles. The Hall–Kier alpha value is -0.793. The zero-order valence-corrected chi connectivity index (χ0v) is 80.5. The molecule has 1 aliphatic carbocycles. The number of esters is 1. The molecule has 3 fully saturated rings. The number of aliphatic hydroxyl groups excluding tert-OH is 7. The zero-order valence-electron chi connectivity index (χ0n) is 79.5. The molecule has 0 unspecified atom stereocenters. The highest BCUT2D eigenvalue weighted by atomic mass is 28.4. The van der Waals surface area contributed by atoms with Crippen LogP contribution in [0, 0.1) is 23.7 Å². The Bertz CT molecular complexity index is 2180. The van der Waals surface area contributed by atoms with Crippen LogP contribution in [-0.2, 0) is 32.9 Å². The lowest BCUT2D eigenvalue weighted by molar-refractivity contribution is -0.376. The number of carbonyl (C=O) groups excluding carboxylic acids is 1. The highest BCUT2D eigenvalue weighted by Gasteiger charge is 2.51. The summed E-state index contributed by atoms with van der Waals surface area (Å²) in [5, 5.41) is 74.2. The fourth-order valence-corrected chi connectivity index (χ4v) is 20.2. The number of carbonyl (C=O) groups is 1. The third kappa shape index (κ3) is 55.1. The Kier molecular flexibility index (Phi) is 70.0. The molecule has 15 heteroatoms. The van der Waals surface area contributed by atoms with Gasteiger partial charge in [-0.2, -0.15) is 0 Å². The first-order valence-electron chi connectivity index (χ1n) is 52.3. The molecule has 3 aliphatic rings. The van der Waals surface area contributed by atoms with Crippen LogP contribution >= 0.6 is 0 Å². The van der Waals surface area contributed by atoms with Gasteiger partial charge in [0.15, 0.2) is 20.9 Å². The second-order valence-corrected chi connectivity index (χ2v) is 45.0. The predicted molar refractivity (Wildman–Crippen MR) is 498 cm³/mol. The molecule has 0 bridgehead atoms. The van der Waals surface area contributed by atoms with E-state index in [0.717, 1.165) is 56.8 Å². The SMILES string of the molecule is CCCCCCCCCCCCCCCCCCCCCCCC[C@@H](C(=O)OC[C@H]1O[C@H](O[C@H]2O[C@H](CO)[C@@H](O)[C@H](O)[C@H]2O)[C@H](O)[C@@H](O)[C@@H]1O)[C@@H](CCCCCCCCCCCCCCCCC[C@@H]1C[C@@H]1CCCCCCCCCCCCCCCC[C@H](OC)[C@@H](C)CCCCCCCCCCCCCCCCCC)O[Si](C)(C)C(C)(C)C. The summed E-state index contributed by atoms with van der Waals surface area (Å²) >= 11 is 0. The molecular formula is C103H202O14Si. The summed E-state index contributed by atoms with van der Waals surface area (Å²) in [7, 11) is -0.429. The van der Waals surface area contributed by atoms with Gasteiger partial charge in [0.1, 0.15) is 55.4 Å². The number of hydrogen-bond acceptors (Lipinski definition) is 14. The van der Waals surface area contributed by atoms with Crippen LogP contribution in [-0.4, -0.2) is 144 Å². The second kappa shape index (κ2) is 74.2. The van der Waals surface area contributed by atoms with Gasteiger partial charge in [0.05, 0.1) is 24.7 Å². The van der Waals surface area contributed by atoms with E-state index in [-0.39, 0.29) is 11.1 Å². The van der Waals surface area contributed by atoms with Crippen LogP contribution < -0.4 is 0 Å². The molecule has 2 saturated heterocycles. The maximum atomic E-state index is 14.7. The monoisotopic (exact) mass is 1690 g/mol. The molecule has 118 heavy (non-hydrogen) atoms. The number of methoxy groups -OCH3 is 1. The van der Waals surface area contributed by atoms with Crippen molar-refractivity contribution in [2.24, 2.45) is 23.7 Å². The minimum absolute atomic E-state index is 0.0974. The summed E-state index contributed by atoms with van der Waals surface area (Å²) in [5.74, 6) is 1.76. The first-order valence-corrected chi connectivity index (χ1v) is 55.2. The largest absolute Gasteiger partial charge is 0.463 e. The Balaban J connectivity index is 1.23. The number of aliphatic hydroxyl groups is 7. The van der Waals surface area contributed by atoms with Crippen molar-refractivity contribution >= 4 is 14.3 Å². The first kappa shape index (κ1) is 111. The Morgan fingerprint density at radius 3 is 0.915 bits per heavy atom. The summed E-state index contributed by atoms with van der Waals surface area (Å²) < 4.78 is 36.4. The standard InChI is InChI=1S/C103H202O14Si/c1-10-12-14-16-18-20-22-24-26-28-29-30-31-32-33-37-44-50-56-62-68-74-80-89(100(111)113-85-93-95(106)97(108)99(110)102(115-93)116-101-98(109)96(107)94(105)92(84-104)114-101)91(117-118(8,9)103(4,5)6)82-76-70-64-58-52-46-38-34-36-42-48-54-60-66-72-78-87-83-88(87)79-73-67-61-55-49-43-39-40-45-51-57-63-69-75-81-90(112-7)86(3)77-71-65-59-53-47-41-35-27-25-23-21-19-17-15-13-11-2/h86-99,101-102,104-110H,10-85H2,1-9H3/t86-,87+,88-,89+,90-,91+,92+,93+,94+,95+,96-,97-,98+,99+,101+,102+/m0/s1. The molecule has 2 heterocycles. The molecule has 1 saturated carbocycles. The van der Waals surface area contributed by atoms with Crippen molar-refractivity contribution < 1.29 is 68.7 Å². The van der Waals surface area contributed by atoms with Crippen molar-refractivity contribution in [2.75, 3.05) is 20.3 Å². The van der Waals surface area contributed by atoms with Crippen molar-refractivity contribution in [2.45, 2.75) is 608 Å². The summed E-state index contributed by atoms with van der Waals surface area (Å²) in [6, 6.07) is 0. The Morgan fingerprint density at radius 1 is 0.356 bits per heavy atom. The molecule has 0 aromatic carbocycles.